The number of para-hydroxylation sites is 1. The lowest BCUT2D eigenvalue weighted by molar-refractivity contribution is 0.666. The van der Waals surface area contributed by atoms with E-state index >= 15 is 0 Å². The van der Waals surface area contributed by atoms with Gasteiger partial charge in [-0.05, 0) is 41.5 Å². The Morgan fingerprint density at radius 2 is 1.10 bits per heavy atom. The Balaban J connectivity index is 1.17. The zero-order valence-corrected chi connectivity index (χ0v) is 26.6. The van der Waals surface area contributed by atoms with Gasteiger partial charge in [0, 0.05) is 33.2 Å². The van der Waals surface area contributed by atoms with Crippen molar-refractivity contribution >= 4 is 43.9 Å². The van der Waals surface area contributed by atoms with E-state index in [2.05, 4.69) is 118 Å². The second-order valence-electron chi connectivity index (χ2n) is 12.2. The molecule has 7 nitrogen and oxygen atoms in total. The van der Waals surface area contributed by atoms with Gasteiger partial charge in [0.1, 0.15) is 17.4 Å². The number of rotatable bonds is 5. The van der Waals surface area contributed by atoms with Crippen molar-refractivity contribution in [1.29, 1.82) is 0 Å². The van der Waals surface area contributed by atoms with Crippen molar-refractivity contribution in [3.8, 4) is 51.0 Å². The number of aromatic nitrogens is 6. The summed E-state index contributed by atoms with van der Waals surface area (Å²) in [7, 11) is 0. The SMILES string of the molecule is c1ccc(-c2ccc(-c3nc(-c4ccccc4)nc(-c4cccc(-n5c6ccccc6c6ccc7oc8cncnc8c7c65)c4)n3)cc2)cc1. The normalized spacial score (nSPS) is 11.6. The zero-order valence-electron chi connectivity index (χ0n) is 26.6. The molecule has 0 aliphatic carbocycles. The van der Waals surface area contributed by atoms with Crippen LogP contribution in [0.15, 0.2) is 163 Å². The van der Waals surface area contributed by atoms with Crippen LogP contribution in [0.25, 0.3) is 94.9 Å². The van der Waals surface area contributed by atoms with Crippen LogP contribution in [0.3, 0.4) is 0 Å². The van der Waals surface area contributed by atoms with E-state index in [9.17, 15) is 0 Å². The molecule has 10 aromatic rings. The fourth-order valence-corrected chi connectivity index (χ4v) is 6.90. The van der Waals surface area contributed by atoms with Crippen molar-refractivity contribution in [1.82, 2.24) is 29.5 Å². The van der Waals surface area contributed by atoms with Crippen LogP contribution in [0.4, 0.5) is 0 Å². The Morgan fingerprint density at radius 3 is 1.88 bits per heavy atom. The maximum absolute atomic E-state index is 6.22. The van der Waals surface area contributed by atoms with Gasteiger partial charge in [-0.2, -0.15) is 0 Å². The second kappa shape index (κ2) is 11.3. The van der Waals surface area contributed by atoms with Crippen molar-refractivity contribution in [2.24, 2.45) is 0 Å². The number of nitrogens with zero attached hydrogens (tertiary/aromatic N) is 6. The van der Waals surface area contributed by atoms with Crippen LogP contribution in [0.5, 0.6) is 0 Å². The highest BCUT2D eigenvalue weighted by molar-refractivity contribution is 6.23. The molecule has 0 saturated carbocycles. The minimum absolute atomic E-state index is 0.593. The lowest BCUT2D eigenvalue weighted by Crippen LogP contribution is -2.01. The van der Waals surface area contributed by atoms with Crippen LogP contribution < -0.4 is 0 Å². The van der Waals surface area contributed by atoms with Crippen molar-refractivity contribution in [3.05, 3.63) is 158 Å². The van der Waals surface area contributed by atoms with E-state index in [0.717, 1.165) is 71.8 Å². The monoisotopic (exact) mass is 642 g/mol. The standard InChI is InChI=1S/C43H26N6O/c1-3-10-27(11-4-1)28-18-20-30(21-19-28)42-46-41(29-12-5-2-6-13-29)47-43(48-42)31-14-9-15-32(24-31)49-35-17-8-7-16-33(35)34-22-23-36-38(40(34)49)39-37(50-36)25-44-26-45-39/h1-26H. The van der Waals surface area contributed by atoms with Crippen LogP contribution in [0.1, 0.15) is 0 Å². The minimum atomic E-state index is 0.593. The first kappa shape index (κ1) is 28.1. The average molecular weight is 643 g/mol. The van der Waals surface area contributed by atoms with Crippen molar-refractivity contribution in [2.75, 3.05) is 0 Å². The lowest BCUT2D eigenvalue weighted by Gasteiger charge is -2.12. The van der Waals surface area contributed by atoms with Gasteiger partial charge in [0.15, 0.2) is 23.1 Å². The molecule has 0 aliphatic heterocycles. The van der Waals surface area contributed by atoms with E-state index in [1.54, 1.807) is 12.5 Å². The van der Waals surface area contributed by atoms with Gasteiger partial charge in [-0.25, -0.2) is 24.9 Å². The van der Waals surface area contributed by atoms with Gasteiger partial charge < -0.3 is 8.98 Å². The van der Waals surface area contributed by atoms with Gasteiger partial charge in [0.2, 0.25) is 0 Å². The molecule has 4 heterocycles. The smallest absolute Gasteiger partial charge is 0.172 e. The summed E-state index contributed by atoms with van der Waals surface area (Å²) in [6.07, 6.45) is 3.29. The molecule has 4 aromatic heterocycles. The van der Waals surface area contributed by atoms with E-state index in [1.165, 1.54) is 0 Å². The van der Waals surface area contributed by atoms with E-state index in [1.807, 2.05) is 42.5 Å². The zero-order chi connectivity index (χ0) is 33.0. The first-order chi connectivity index (χ1) is 24.8. The molecule has 0 unspecified atom stereocenters. The highest BCUT2D eigenvalue weighted by atomic mass is 16.3. The number of fused-ring (bicyclic) bond motifs is 7. The van der Waals surface area contributed by atoms with E-state index < -0.39 is 0 Å². The highest BCUT2D eigenvalue weighted by Gasteiger charge is 2.20. The number of hydrogen-bond acceptors (Lipinski definition) is 6. The molecule has 234 valence electrons. The fraction of sp³-hybridized carbons (Fsp3) is 0. The van der Waals surface area contributed by atoms with Gasteiger partial charge >= 0.3 is 0 Å². The topological polar surface area (TPSA) is 82.5 Å². The average Bonchev–Trinajstić information content (AvgIpc) is 3.74. The van der Waals surface area contributed by atoms with Crippen LogP contribution >= 0.6 is 0 Å². The van der Waals surface area contributed by atoms with Crippen LogP contribution in [-0.2, 0) is 0 Å². The summed E-state index contributed by atoms with van der Waals surface area (Å²) in [5, 5.41) is 3.22. The Labute approximate surface area is 286 Å². The largest absolute Gasteiger partial charge is 0.453 e. The maximum atomic E-state index is 6.22. The molecule has 6 aromatic carbocycles. The summed E-state index contributed by atoms with van der Waals surface area (Å²) < 4.78 is 8.51. The Kier molecular flexibility index (Phi) is 6.35. The maximum Gasteiger partial charge on any atom is 0.172 e. The van der Waals surface area contributed by atoms with Crippen LogP contribution in [0.2, 0.25) is 0 Å². The summed E-state index contributed by atoms with van der Waals surface area (Å²) in [6.45, 7) is 0. The predicted molar refractivity (Wildman–Crippen MR) is 199 cm³/mol. The fourth-order valence-electron chi connectivity index (χ4n) is 6.90. The van der Waals surface area contributed by atoms with Gasteiger partial charge in [0.05, 0.1) is 22.6 Å². The molecule has 0 fully saturated rings. The molecular formula is C43H26N6O. The van der Waals surface area contributed by atoms with Crippen molar-refractivity contribution in [3.63, 3.8) is 0 Å². The second-order valence-corrected chi connectivity index (χ2v) is 12.2. The molecule has 0 saturated heterocycles. The molecule has 10 rings (SSSR count). The number of furan rings is 1. The summed E-state index contributed by atoms with van der Waals surface area (Å²) in [5.41, 5.74) is 10.3. The highest BCUT2D eigenvalue weighted by Crippen LogP contribution is 2.40. The number of benzene rings is 6. The van der Waals surface area contributed by atoms with Crippen molar-refractivity contribution < 1.29 is 4.42 Å². The summed E-state index contributed by atoms with van der Waals surface area (Å²) in [6, 6.07) is 49.8. The molecule has 0 aliphatic rings. The van der Waals surface area contributed by atoms with E-state index in [-0.39, 0.29) is 0 Å². The Morgan fingerprint density at radius 1 is 0.480 bits per heavy atom. The van der Waals surface area contributed by atoms with Gasteiger partial charge in [0.25, 0.3) is 0 Å². The third-order valence-electron chi connectivity index (χ3n) is 9.21. The van der Waals surface area contributed by atoms with Crippen LogP contribution in [0, 0.1) is 0 Å². The van der Waals surface area contributed by atoms with E-state index in [0.29, 0.717) is 23.1 Å². The molecule has 0 bridgehead atoms. The van der Waals surface area contributed by atoms with Gasteiger partial charge in [-0.1, -0.05) is 115 Å². The Bertz CT molecular complexity index is 2860. The molecule has 0 N–H and O–H groups in total. The molecule has 0 amide bonds. The van der Waals surface area contributed by atoms with Crippen molar-refractivity contribution in [2.45, 2.75) is 0 Å². The summed E-state index contributed by atoms with van der Waals surface area (Å²) in [4.78, 5) is 23.9. The molecular weight excluding hydrogens is 617 g/mol. The molecule has 0 radical (unpaired) electrons. The van der Waals surface area contributed by atoms with E-state index in [4.69, 9.17) is 19.4 Å². The number of hydrogen-bond donors (Lipinski definition) is 0. The third-order valence-corrected chi connectivity index (χ3v) is 9.21. The van der Waals surface area contributed by atoms with Crippen LogP contribution in [-0.4, -0.2) is 29.5 Å². The summed E-state index contributed by atoms with van der Waals surface area (Å²) in [5.74, 6) is 1.82. The molecule has 7 heteroatoms. The minimum Gasteiger partial charge on any atom is -0.453 e. The molecule has 0 spiro atoms. The third kappa shape index (κ3) is 4.56. The predicted octanol–water partition coefficient (Wildman–Crippen LogP) is 10.3. The first-order valence-corrected chi connectivity index (χ1v) is 16.4. The van der Waals surface area contributed by atoms with Gasteiger partial charge in [-0.3, -0.25) is 0 Å². The molecule has 0 atom stereocenters. The quantitative estimate of drug-likeness (QED) is 0.186. The first-order valence-electron chi connectivity index (χ1n) is 16.4. The molecule has 50 heavy (non-hydrogen) atoms. The Hall–Kier alpha value is -6.99. The summed E-state index contributed by atoms with van der Waals surface area (Å²) >= 11 is 0. The van der Waals surface area contributed by atoms with Gasteiger partial charge in [-0.15, -0.1) is 0 Å². The lowest BCUT2D eigenvalue weighted by atomic mass is 10.0.